The lowest BCUT2D eigenvalue weighted by atomic mass is 9.88. The molecule has 3 aliphatic heterocycles. The molecule has 37 heavy (non-hydrogen) atoms. The van der Waals surface area contributed by atoms with Crippen LogP contribution in [0.15, 0.2) is 35.2 Å². The van der Waals surface area contributed by atoms with E-state index in [9.17, 15) is 27.2 Å². The summed E-state index contributed by atoms with van der Waals surface area (Å²) < 4.78 is 56.6. The van der Waals surface area contributed by atoms with Crippen LogP contribution >= 0.6 is 0 Å². The van der Waals surface area contributed by atoms with Crippen LogP contribution in [0.2, 0.25) is 0 Å². The number of nitrogens with zero attached hydrogens (tertiary/aromatic N) is 3. The zero-order valence-corrected chi connectivity index (χ0v) is 20.4. The highest BCUT2D eigenvalue weighted by Gasteiger charge is 2.40. The molecule has 3 aliphatic rings. The van der Waals surface area contributed by atoms with Crippen molar-refractivity contribution in [2.75, 3.05) is 13.1 Å². The lowest BCUT2D eigenvalue weighted by molar-refractivity contribution is -0.136. The standard InChI is InChI=1S/C25H22F2N4O5S/c1-28-16-2-3-19(26)22(11-16)37(35,36)30-8-6-14(7-9-30)17-10-15-13-31(25(34)18(15)12-20(17)27)21-4-5-23(32)29-24(21)33/h2-3,10-12,14,21H,4-9,13H2,(H,29,32,33). The molecular formula is C25H22F2N4O5S. The summed E-state index contributed by atoms with van der Waals surface area (Å²) in [6, 6.07) is 5.12. The van der Waals surface area contributed by atoms with Crippen LogP contribution in [0.25, 0.3) is 4.85 Å². The lowest BCUT2D eigenvalue weighted by Crippen LogP contribution is -2.52. The number of carbonyl (C=O) groups is 3. The summed E-state index contributed by atoms with van der Waals surface area (Å²) in [4.78, 5) is 40.5. The molecule has 2 aromatic rings. The second-order valence-corrected chi connectivity index (χ2v) is 11.2. The number of benzene rings is 2. The van der Waals surface area contributed by atoms with Gasteiger partial charge >= 0.3 is 0 Å². The summed E-state index contributed by atoms with van der Waals surface area (Å²) in [5.74, 6) is -3.27. The Bertz CT molecular complexity index is 1480. The van der Waals surface area contributed by atoms with Gasteiger partial charge in [-0.2, -0.15) is 4.31 Å². The van der Waals surface area contributed by atoms with Gasteiger partial charge < -0.3 is 4.90 Å². The largest absolute Gasteiger partial charge is 0.322 e. The molecule has 0 bridgehead atoms. The number of nitrogens with one attached hydrogen (secondary N) is 1. The number of carbonyl (C=O) groups excluding carboxylic acids is 3. The van der Waals surface area contributed by atoms with Crippen molar-refractivity contribution in [1.29, 1.82) is 0 Å². The van der Waals surface area contributed by atoms with E-state index in [2.05, 4.69) is 10.2 Å². The molecule has 1 unspecified atom stereocenters. The molecular weight excluding hydrogens is 506 g/mol. The molecule has 9 nitrogen and oxygen atoms in total. The summed E-state index contributed by atoms with van der Waals surface area (Å²) in [6.07, 6.45) is 0.878. The van der Waals surface area contributed by atoms with Crippen LogP contribution in [-0.2, 0) is 26.2 Å². The fourth-order valence-electron chi connectivity index (χ4n) is 5.23. The van der Waals surface area contributed by atoms with Gasteiger partial charge in [0.15, 0.2) is 5.69 Å². The predicted octanol–water partition coefficient (Wildman–Crippen LogP) is 2.84. The minimum absolute atomic E-state index is 0.0102. The van der Waals surface area contributed by atoms with Crippen molar-refractivity contribution in [2.45, 2.75) is 49.1 Å². The van der Waals surface area contributed by atoms with E-state index in [0.29, 0.717) is 11.1 Å². The van der Waals surface area contributed by atoms with E-state index in [1.165, 1.54) is 11.0 Å². The minimum atomic E-state index is -4.18. The number of rotatable bonds is 4. The van der Waals surface area contributed by atoms with Gasteiger partial charge in [-0.15, -0.1) is 0 Å². The first-order chi connectivity index (χ1) is 17.6. The number of hydrogen-bond donors (Lipinski definition) is 1. The van der Waals surface area contributed by atoms with Crippen molar-refractivity contribution in [3.05, 3.63) is 70.1 Å². The maximum Gasteiger partial charge on any atom is 0.255 e. The highest BCUT2D eigenvalue weighted by Crippen LogP contribution is 2.37. The first kappa shape index (κ1) is 25.0. The van der Waals surface area contributed by atoms with Crippen molar-refractivity contribution in [3.8, 4) is 0 Å². The van der Waals surface area contributed by atoms with Crippen LogP contribution in [0, 0.1) is 18.2 Å². The zero-order valence-electron chi connectivity index (χ0n) is 19.5. The van der Waals surface area contributed by atoms with Gasteiger partial charge in [0.25, 0.3) is 5.91 Å². The molecule has 0 saturated carbocycles. The lowest BCUT2D eigenvalue weighted by Gasteiger charge is -2.32. The Hall–Kier alpha value is -3.69. The van der Waals surface area contributed by atoms with Crippen LogP contribution in [0.5, 0.6) is 0 Å². The Balaban J connectivity index is 1.32. The molecule has 1 atom stereocenters. The molecule has 5 rings (SSSR count). The third kappa shape index (κ3) is 4.38. The highest BCUT2D eigenvalue weighted by molar-refractivity contribution is 7.89. The third-order valence-corrected chi connectivity index (χ3v) is 9.11. The SMILES string of the molecule is [C-]#[N+]c1ccc(F)c(S(=O)(=O)N2CCC(c3cc4c(cc3F)C(=O)N(C3CCC(=O)NC3=O)C4)CC2)c1. The second-order valence-electron chi connectivity index (χ2n) is 9.34. The van der Waals surface area contributed by atoms with Crippen LogP contribution in [0.4, 0.5) is 14.5 Å². The number of piperidine rings is 2. The van der Waals surface area contributed by atoms with Crippen molar-refractivity contribution in [2.24, 2.45) is 0 Å². The fraction of sp³-hybridized carbons (Fsp3) is 0.360. The third-order valence-electron chi connectivity index (χ3n) is 7.20. The summed E-state index contributed by atoms with van der Waals surface area (Å²) in [6.45, 7) is 7.23. The molecule has 2 saturated heterocycles. The van der Waals surface area contributed by atoms with Crippen molar-refractivity contribution < 1.29 is 31.6 Å². The Kier molecular flexibility index (Phi) is 6.29. The van der Waals surface area contributed by atoms with Gasteiger partial charge in [0, 0.05) is 31.6 Å². The molecule has 2 fully saturated rings. The number of halogens is 2. The summed E-state index contributed by atoms with van der Waals surface area (Å²) >= 11 is 0. The number of sulfonamides is 1. The highest BCUT2D eigenvalue weighted by atomic mass is 32.2. The Morgan fingerprint density at radius 3 is 2.41 bits per heavy atom. The van der Waals surface area contributed by atoms with E-state index >= 15 is 4.39 Å². The minimum Gasteiger partial charge on any atom is -0.322 e. The molecule has 3 amide bonds. The summed E-state index contributed by atoms with van der Waals surface area (Å²) in [5.41, 5.74) is 1.10. The first-order valence-corrected chi connectivity index (χ1v) is 13.2. The zero-order chi connectivity index (χ0) is 26.5. The number of amides is 3. The average molecular weight is 529 g/mol. The first-order valence-electron chi connectivity index (χ1n) is 11.7. The number of imide groups is 1. The van der Waals surface area contributed by atoms with Gasteiger partial charge in [0.1, 0.15) is 22.6 Å². The van der Waals surface area contributed by atoms with Gasteiger partial charge in [0.05, 0.1) is 6.57 Å². The van der Waals surface area contributed by atoms with Crippen molar-refractivity contribution in [3.63, 3.8) is 0 Å². The fourth-order valence-corrected chi connectivity index (χ4v) is 6.78. The Morgan fingerprint density at radius 2 is 1.73 bits per heavy atom. The second kappa shape index (κ2) is 9.32. The van der Waals surface area contributed by atoms with Crippen LogP contribution in [-0.4, -0.2) is 54.5 Å². The molecule has 12 heteroatoms. The molecule has 0 radical (unpaired) electrons. The van der Waals surface area contributed by atoms with Gasteiger partial charge in [-0.3, -0.25) is 19.7 Å². The van der Waals surface area contributed by atoms with Crippen LogP contribution < -0.4 is 5.32 Å². The van der Waals surface area contributed by atoms with E-state index in [0.717, 1.165) is 22.5 Å². The van der Waals surface area contributed by atoms with Crippen molar-refractivity contribution in [1.82, 2.24) is 14.5 Å². The maximum atomic E-state index is 15.1. The molecule has 0 aliphatic carbocycles. The van der Waals surface area contributed by atoms with Crippen LogP contribution in [0.1, 0.15) is 53.1 Å². The van der Waals surface area contributed by atoms with Crippen molar-refractivity contribution >= 4 is 33.4 Å². The van der Waals surface area contributed by atoms with E-state index in [1.54, 1.807) is 6.07 Å². The maximum absolute atomic E-state index is 15.1. The van der Waals surface area contributed by atoms with Gasteiger partial charge in [0.2, 0.25) is 21.8 Å². The van der Waals surface area contributed by atoms with E-state index < -0.39 is 50.3 Å². The molecule has 0 aromatic heterocycles. The van der Waals surface area contributed by atoms with E-state index in [-0.39, 0.29) is 62.5 Å². The average Bonchev–Trinajstić information content (AvgIpc) is 3.18. The number of fused-ring (bicyclic) bond motifs is 1. The number of hydrogen-bond acceptors (Lipinski definition) is 5. The monoisotopic (exact) mass is 528 g/mol. The summed E-state index contributed by atoms with van der Waals surface area (Å²) in [5, 5.41) is 2.23. The Morgan fingerprint density at radius 1 is 1.00 bits per heavy atom. The molecule has 2 aromatic carbocycles. The van der Waals surface area contributed by atoms with Gasteiger partial charge in [-0.25, -0.2) is 22.0 Å². The van der Waals surface area contributed by atoms with Crippen LogP contribution in [0.3, 0.4) is 0 Å². The van der Waals surface area contributed by atoms with Gasteiger partial charge in [-0.1, -0.05) is 12.1 Å². The Labute approximate surface area is 211 Å². The van der Waals surface area contributed by atoms with Gasteiger partial charge in [-0.05, 0) is 54.5 Å². The molecule has 0 spiro atoms. The predicted molar refractivity (Wildman–Crippen MR) is 126 cm³/mol. The quantitative estimate of drug-likeness (QED) is 0.485. The molecule has 3 heterocycles. The molecule has 192 valence electrons. The van der Waals surface area contributed by atoms with E-state index in [4.69, 9.17) is 6.57 Å². The normalized spacial score (nSPS) is 21.1. The smallest absolute Gasteiger partial charge is 0.255 e. The summed E-state index contributed by atoms with van der Waals surface area (Å²) in [7, 11) is -4.18. The topological polar surface area (TPSA) is 108 Å². The molecule has 1 N–H and O–H groups in total. The van der Waals surface area contributed by atoms with E-state index in [1.807, 2.05) is 0 Å².